The van der Waals surface area contributed by atoms with Crippen LogP contribution in [-0.2, 0) is 19.2 Å². The first-order chi connectivity index (χ1) is 14.8. The smallest absolute Gasteiger partial charge is 0.239 e. The average Bonchev–Trinajstić information content (AvgIpc) is 3.49. The lowest BCUT2D eigenvalue weighted by Crippen LogP contribution is -2.44. The molecule has 1 aliphatic carbocycles. The maximum atomic E-state index is 12.9. The third kappa shape index (κ3) is 3.26. The van der Waals surface area contributed by atoms with Crippen molar-refractivity contribution in [3.63, 3.8) is 0 Å². The quantitative estimate of drug-likeness (QED) is 0.579. The van der Waals surface area contributed by atoms with Gasteiger partial charge >= 0.3 is 0 Å². The molecule has 2 aromatic heterocycles. The Morgan fingerprint density at radius 3 is 2.74 bits per heavy atom. The molecule has 10 heteroatoms. The number of hydrogen-bond donors (Lipinski definition) is 2. The van der Waals surface area contributed by atoms with Crippen LogP contribution >= 0.6 is 0 Å². The van der Waals surface area contributed by atoms with Crippen LogP contribution < -0.4 is 15.4 Å². The number of nitrogens with one attached hydrogen (secondary N) is 1. The third-order valence-electron chi connectivity index (χ3n) is 6.18. The predicted molar refractivity (Wildman–Crippen MR) is 124 cm³/mol. The first kappa shape index (κ1) is 20.2. The van der Waals surface area contributed by atoms with E-state index in [1.807, 2.05) is 41.9 Å². The summed E-state index contributed by atoms with van der Waals surface area (Å²) in [5.74, 6) is 5.67. The van der Waals surface area contributed by atoms with Crippen molar-refractivity contribution in [1.82, 2.24) is 19.5 Å². The van der Waals surface area contributed by atoms with E-state index in [4.69, 9.17) is 19.8 Å². The van der Waals surface area contributed by atoms with Crippen molar-refractivity contribution in [2.45, 2.75) is 30.6 Å². The predicted octanol–water partition coefficient (Wildman–Crippen LogP) is 1.66. The SMILES string of the molecule is C=S(N)(=O)C1(c2cc(N3CCOC[C@H]3C)nc(-n3c(NC)nc4ccccc43)n2)CC1. The Morgan fingerprint density at radius 2 is 2.06 bits per heavy atom. The van der Waals surface area contributed by atoms with Crippen LogP contribution in [0, 0.1) is 0 Å². The number of nitrogens with zero attached hydrogens (tertiary/aromatic N) is 5. The molecule has 3 heterocycles. The zero-order valence-electron chi connectivity index (χ0n) is 17.7. The number of hydrogen-bond acceptors (Lipinski definition) is 7. The van der Waals surface area contributed by atoms with E-state index in [2.05, 4.69) is 28.0 Å². The van der Waals surface area contributed by atoms with Crippen molar-refractivity contribution in [1.29, 1.82) is 0 Å². The maximum absolute atomic E-state index is 12.9. The highest BCUT2D eigenvalue weighted by molar-refractivity contribution is 7.99. The Balaban J connectivity index is 1.75. The summed E-state index contributed by atoms with van der Waals surface area (Å²) in [5, 5.41) is 9.21. The van der Waals surface area contributed by atoms with Gasteiger partial charge in [0, 0.05) is 29.4 Å². The van der Waals surface area contributed by atoms with Gasteiger partial charge in [-0.05, 0) is 37.8 Å². The number of ether oxygens (including phenoxy) is 1. The standard InChI is InChI=1S/C21H27N7O2S/c1-14-13-30-11-10-27(14)18-12-17(21(8-9-21)31(3,22)29)25-20(26-18)28-16-7-5-4-6-15(16)24-19(28)23-2/h4-7,12,14H,3,8-11,13H2,1-2H3,(H2,22,29)(H,23,24)/t14-,31?/m1/s1. The highest BCUT2D eigenvalue weighted by Crippen LogP contribution is 2.51. The van der Waals surface area contributed by atoms with Crippen molar-refractivity contribution < 1.29 is 8.95 Å². The van der Waals surface area contributed by atoms with Crippen LogP contribution in [0.15, 0.2) is 30.3 Å². The van der Waals surface area contributed by atoms with Gasteiger partial charge in [0.15, 0.2) is 0 Å². The van der Waals surface area contributed by atoms with Crippen LogP contribution in [-0.4, -0.2) is 62.4 Å². The van der Waals surface area contributed by atoms with Crippen LogP contribution in [0.1, 0.15) is 25.5 Å². The molecule has 3 N–H and O–H groups in total. The molecule has 1 unspecified atom stereocenters. The molecule has 0 amide bonds. The Kier molecular flexibility index (Phi) is 4.68. The van der Waals surface area contributed by atoms with Crippen LogP contribution in [0.4, 0.5) is 11.8 Å². The summed E-state index contributed by atoms with van der Waals surface area (Å²) in [6.07, 6.45) is 1.40. The molecule has 1 saturated carbocycles. The fraction of sp³-hybridized carbons (Fsp3) is 0.429. The molecule has 2 aliphatic rings. The number of anilines is 2. The Labute approximate surface area is 181 Å². The molecule has 1 aromatic carbocycles. The molecular weight excluding hydrogens is 414 g/mol. The van der Waals surface area contributed by atoms with E-state index in [-0.39, 0.29) is 6.04 Å². The van der Waals surface area contributed by atoms with Gasteiger partial charge in [-0.25, -0.2) is 14.5 Å². The van der Waals surface area contributed by atoms with Gasteiger partial charge in [0.1, 0.15) is 5.82 Å². The average molecular weight is 442 g/mol. The number of benzene rings is 1. The van der Waals surface area contributed by atoms with Crippen molar-refractivity contribution in [2.75, 3.05) is 37.0 Å². The van der Waals surface area contributed by atoms with Crippen LogP contribution in [0.2, 0.25) is 0 Å². The minimum atomic E-state index is -2.82. The number of rotatable bonds is 5. The zero-order chi connectivity index (χ0) is 21.8. The summed E-state index contributed by atoms with van der Waals surface area (Å²) in [5.41, 5.74) is 2.40. The van der Waals surface area contributed by atoms with Gasteiger partial charge in [0.2, 0.25) is 11.9 Å². The molecular formula is C21H27N7O2S. The molecule has 1 saturated heterocycles. The van der Waals surface area contributed by atoms with Crippen LogP contribution in [0.25, 0.3) is 17.0 Å². The Bertz CT molecular complexity index is 1250. The van der Waals surface area contributed by atoms with Crippen molar-refractivity contribution in [2.24, 2.45) is 5.14 Å². The highest BCUT2D eigenvalue weighted by Gasteiger charge is 2.52. The number of para-hydroxylation sites is 2. The van der Waals surface area contributed by atoms with Crippen LogP contribution in [0.3, 0.4) is 0 Å². The molecule has 2 atom stereocenters. The van der Waals surface area contributed by atoms with Gasteiger partial charge < -0.3 is 15.0 Å². The summed E-state index contributed by atoms with van der Waals surface area (Å²) in [6, 6.07) is 9.92. The Hall–Kier alpha value is -2.69. The molecule has 5 rings (SSSR count). The highest BCUT2D eigenvalue weighted by atomic mass is 32.2. The Morgan fingerprint density at radius 1 is 1.29 bits per heavy atom. The topological polar surface area (TPSA) is 111 Å². The minimum Gasteiger partial charge on any atom is -0.377 e. The van der Waals surface area contributed by atoms with E-state index in [9.17, 15) is 4.21 Å². The summed E-state index contributed by atoms with van der Waals surface area (Å²) in [7, 11) is -1.01. The van der Waals surface area contributed by atoms with Crippen molar-refractivity contribution in [3.05, 3.63) is 36.0 Å². The van der Waals surface area contributed by atoms with Crippen LogP contribution in [0.5, 0.6) is 0 Å². The minimum absolute atomic E-state index is 0.157. The van der Waals surface area contributed by atoms with Gasteiger partial charge in [-0.3, -0.25) is 9.35 Å². The first-order valence-corrected chi connectivity index (χ1v) is 12.2. The second-order valence-corrected chi connectivity index (χ2v) is 10.5. The van der Waals surface area contributed by atoms with Crippen molar-refractivity contribution in [3.8, 4) is 5.95 Å². The first-order valence-electron chi connectivity index (χ1n) is 10.4. The van der Waals surface area contributed by atoms with E-state index in [1.54, 1.807) is 0 Å². The number of fused-ring (bicyclic) bond motifs is 1. The van der Waals surface area contributed by atoms with E-state index >= 15 is 0 Å². The lowest BCUT2D eigenvalue weighted by atomic mass is 10.2. The molecule has 2 fully saturated rings. The maximum Gasteiger partial charge on any atom is 0.239 e. The van der Waals surface area contributed by atoms with E-state index < -0.39 is 14.5 Å². The van der Waals surface area contributed by atoms with Gasteiger partial charge in [-0.15, -0.1) is 0 Å². The fourth-order valence-corrected chi connectivity index (χ4v) is 5.51. The van der Waals surface area contributed by atoms with Gasteiger partial charge in [0.05, 0.1) is 40.7 Å². The van der Waals surface area contributed by atoms with Crippen molar-refractivity contribution >= 4 is 38.4 Å². The monoisotopic (exact) mass is 441 g/mol. The van der Waals surface area contributed by atoms with E-state index in [1.165, 1.54) is 0 Å². The molecule has 0 bridgehead atoms. The van der Waals surface area contributed by atoms with E-state index in [0.717, 1.165) is 23.4 Å². The van der Waals surface area contributed by atoms with E-state index in [0.29, 0.717) is 43.6 Å². The number of aromatic nitrogens is 4. The molecule has 0 radical (unpaired) electrons. The largest absolute Gasteiger partial charge is 0.377 e. The third-order valence-corrected chi connectivity index (χ3v) is 8.12. The second-order valence-electron chi connectivity index (χ2n) is 8.26. The number of morpholine rings is 1. The fourth-order valence-electron chi connectivity index (χ4n) is 4.26. The second kappa shape index (κ2) is 7.18. The van der Waals surface area contributed by atoms with Gasteiger partial charge in [-0.2, -0.15) is 4.98 Å². The molecule has 0 spiro atoms. The lowest BCUT2D eigenvalue weighted by molar-refractivity contribution is 0.0985. The summed E-state index contributed by atoms with van der Waals surface area (Å²) in [6.45, 7) is 4.07. The molecule has 3 aromatic rings. The zero-order valence-corrected chi connectivity index (χ0v) is 18.6. The normalized spacial score (nSPS) is 22.3. The molecule has 31 heavy (non-hydrogen) atoms. The molecule has 9 nitrogen and oxygen atoms in total. The summed E-state index contributed by atoms with van der Waals surface area (Å²) >= 11 is 0. The molecule has 164 valence electrons. The number of imidazole rings is 1. The summed E-state index contributed by atoms with van der Waals surface area (Å²) < 4.78 is 19.7. The van der Waals surface area contributed by atoms with Gasteiger partial charge in [0.25, 0.3) is 0 Å². The van der Waals surface area contributed by atoms with Gasteiger partial charge in [-0.1, -0.05) is 12.1 Å². The summed E-state index contributed by atoms with van der Waals surface area (Å²) in [4.78, 5) is 16.7. The lowest BCUT2D eigenvalue weighted by Gasteiger charge is -2.35. The molecule has 1 aliphatic heterocycles. The number of nitrogens with two attached hydrogens (primary N) is 1.